The molecule has 1 rings (SSSR count). The molecule has 0 amide bonds. The van der Waals surface area contributed by atoms with Gasteiger partial charge >= 0.3 is 0 Å². The molecule has 0 aliphatic rings. The Labute approximate surface area is 132 Å². The van der Waals surface area contributed by atoms with E-state index < -0.39 is 0 Å². The smallest absolute Gasteiger partial charge is 0.191 e. The van der Waals surface area contributed by atoms with Gasteiger partial charge in [-0.25, -0.2) is 0 Å². The van der Waals surface area contributed by atoms with Gasteiger partial charge in [0.2, 0.25) is 0 Å². The molecule has 6 heteroatoms. The lowest BCUT2D eigenvalue weighted by Crippen LogP contribution is -2.37. The van der Waals surface area contributed by atoms with E-state index in [0.717, 1.165) is 43.9 Å². The van der Waals surface area contributed by atoms with Crippen LogP contribution in [-0.2, 0) is 6.42 Å². The van der Waals surface area contributed by atoms with Gasteiger partial charge in [-0.05, 0) is 40.5 Å². The van der Waals surface area contributed by atoms with Crippen molar-refractivity contribution >= 4 is 29.9 Å². The van der Waals surface area contributed by atoms with Gasteiger partial charge in [0.25, 0.3) is 0 Å². The van der Waals surface area contributed by atoms with Gasteiger partial charge in [-0.1, -0.05) is 5.16 Å². The summed E-state index contributed by atoms with van der Waals surface area (Å²) in [6, 6.07) is 0. The highest BCUT2D eigenvalue weighted by Crippen LogP contribution is 2.14. The molecule has 0 aromatic carbocycles. The van der Waals surface area contributed by atoms with Crippen LogP contribution in [0.5, 0.6) is 0 Å². The molecule has 0 fully saturated rings. The zero-order valence-corrected chi connectivity index (χ0v) is 14.6. The highest BCUT2D eigenvalue weighted by Gasteiger charge is 2.08. The molecule has 0 atom stereocenters. The first-order valence-corrected chi connectivity index (χ1v) is 6.56. The van der Waals surface area contributed by atoms with Crippen LogP contribution in [0.25, 0.3) is 0 Å². The summed E-state index contributed by atoms with van der Waals surface area (Å²) in [5.74, 6) is 1.55. The van der Waals surface area contributed by atoms with Gasteiger partial charge < -0.3 is 15.2 Å². The zero-order chi connectivity index (χ0) is 13.5. The number of aliphatic imine (C=N–C) groups is 1. The van der Waals surface area contributed by atoms with E-state index in [1.165, 1.54) is 5.56 Å². The summed E-state index contributed by atoms with van der Waals surface area (Å²) in [7, 11) is 0. The van der Waals surface area contributed by atoms with Crippen LogP contribution in [0.3, 0.4) is 0 Å². The number of aryl methyl sites for hydroxylation is 2. The van der Waals surface area contributed by atoms with Gasteiger partial charge in [0.15, 0.2) is 5.96 Å². The van der Waals surface area contributed by atoms with Gasteiger partial charge in [-0.15, -0.1) is 24.0 Å². The Morgan fingerprint density at radius 1 is 1.32 bits per heavy atom. The normalized spacial score (nSPS) is 11.3. The van der Waals surface area contributed by atoms with Crippen LogP contribution in [0.2, 0.25) is 0 Å². The Kier molecular flexibility index (Phi) is 8.79. The fourth-order valence-electron chi connectivity index (χ4n) is 1.96. The second-order valence-electron chi connectivity index (χ2n) is 4.32. The van der Waals surface area contributed by atoms with Crippen LogP contribution in [0.15, 0.2) is 9.52 Å². The third kappa shape index (κ3) is 5.38. The molecule has 0 saturated heterocycles. The van der Waals surface area contributed by atoms with E-state index in [9.17, 15) is 0 Å². The molecule has 0 aliphatic carbocycles. The molecule has 0 aliphatic heterocycles. The fraction of sp³-hybridized carbons (Fsp3) is 0.692. The first kappa shape index (κ1) is 18.2. The molecule has 5 nitrogen and oxygen atoms in total. The highest BCUT2D eigenvalue weighted by atomic mass is 127. The molecule has 0 saturated carbocycles. The van der Waals surface area contributed by atoms with E-state index in [1.807, 2.05) is 13.8 Å². The van der Waals surface area contributed by atoms with Crippen molar-refractivity contribution in [1.29, 1.82) is 0 Å². The summed E-state index contributed by atoms with van der Waals surface area (Å²) in [6.07, 6.45) is 1.90. The van der Waals surface area contributed by atoms with E-state index in [4.69, 9.17) is 10.3 Å². The van der Waals surface area contributed by atoms with Gasteiger partial charge in [0, 0.05) is 25.2 Å². The van der Waals surface area contributed by atoms with E-state index >= 15 is 0 Å². The van der Waals surface area contributed by atoms with Gasteiger partial charge in [-0.2, -0.15) is 0 Å². The average Bonchev–Trinajstić information content (AvgIpc) is 2.67. The van der Waals surface area contributed by atoms with Crippen LogP contribution < -0.4 is 5.73 Å². The van der Waals surface area contributed by atoms with Crippen molar-refractivity contribution in [1.82, 2.24) is 10.1 Å². The van der Waals surface area contributed by atoms with Crippen LogP contribution in [0.1, 0.15) is 37.3 Å². The van der Waals surface area contributed by atoms with Gasteiger partial charge in [0.05, 0.1) is 5.69 Å². The molecule has 0 spiro atoms. The molecule has 0 radical (unpaired) electrons. The maximum absolute atomic E-state index is 5.90. The predicted molar refractivity (Wildman–Crippen MR) is 89.1 cm³/mol. The van der Waals surface area contributed by atoms with Crippen molar-refractivity contribution in [2.45, 2.75) is 40.5 Å². The second-order valence-corrected chi connectivity index (χ2v) is 4.32. The zero-order valence-electron chi connectivity index (χ0n) is 12.3. The molecule has 0 bridgehead atoms. The van der Waals surface area contributed by atoms with Gasteiger partial charge in [-0.3, -0.25) is 4.99 Å². The van der Waals surface area contributed by atoms with Crippen molar-refractivity contribution in [3.63, 3.8) is 0 Å². The SMILES string of the molecule is CCN(CC)C(N)=NCCCc1c(C)noc1C.I. The first-order chi connectivity index (χ1) is 8.60. The molecule has 1 aromatic heterocycles. The van der Waals surface area contributed by atoms with Crippen LogP contribution in [-0.4, -0.2) is 35.7 Å². The molecular formula is C13H25IN4O. The van der Waals surface area contributed by atoms with Crippen molar-refractivity contribution in [3.05, 3.63) is 17.0 Å². The molecular weight excluding hydrogens is 355 g/mol. The fourth-order valence-corrected chi connectivity index (χ4v) is 1.96. The van der Waals surface area contributed by atoms with Crippen molar-refractivity contribution < 1.29 is 4.52 Å². The Morgan fingerprint density at radius 2 is 1.95 bits per heavy atom. The number of nitrogens with zero attached hydrogens (tertiary/aromatic N) is 3. The van der Waals surface area contributed by atoms with Crippen molar-refractivity contribution in [2.24, 2.45) is 10.7 Å². The summed E-state index contributed by atoms with van der Waals surface area (Å²) >= 11 is 0. The maximum atomic E-state index is 5.90. The number of rotatable bonds is 6. The number of halogens is 1. The van der Waals surface area contributed by atoms with Crippen LogP contribution in [0.4, 0.5) is 0 Å². The Morgan fingerprint density at radius 3 is 2.42 bits per heavy atom. The molecule has 110 valence electrons. The maximum Gasteiger partial charge on any atom is 0.191 e. The summed E-state index contributed by atoms with van der Waals surface area (Å²) < 4.78 is 5.13. The highest BCUT2D eigenvalue weighted by molar-refractivity contribution is 14.0. The quantitative estimate of drug-likeness (QED) is 0.356. The summed E-state index contributed by atoms with van der Waals surface area (Å²) in [6.45, 7) is 10.6. The topological polar surface area (TPSA) is 67.7 Å². The molecule has 1 heterocycles. The lowest BCUT2D eigenvalue weighted by atomic mass is 10.1. The Bertz CT molecular complexity index is 380. The minimum absolute atomic E-state index is 0. The largest absolute Gasteiger partial charge is 0.370 e. The van der Waals surface area contributed by atoms with E-state index in [1.54, 1.807) is 0 Å². The minimum Gasteiger partial charge on any atom is -0.370 e. The predicted octanol–water partition coefficient (Wildman–Crippen LogP) is 2.50. The monoisotopic (exact) mass is 380 g/mol. The van der Waals surface area contributed by atoms with E-state index in [-0.39, 0.29) is 24.0 Å². The third-order valence-electron chi connectivity index (χ3n) is 3.13. The van der Waals surface area contributed by atoms with Crippen molar-refractivity contribution in [3.8, 4) is 0 Å². The molecule has 19 heavy (non-hydrogen) atoms. The molecule has 2 N–H and O–H groups in total. The molecule has 0 unspecified atom stereocenters. The lowest BCUT2D eigenvalue weighted by Gasteiger charge is -2.19. The van der Waals surface area contributed by atoms with Gasteiger partial charge in [0.1, 0.15) is 5.76 Å². The standard InChI is InChI=1S/C13H24N4O.HI/c1-5-17(6-2)13(14)15-9-7-8-12-10(3)16-18-11(12)4;/h5-9H2,1-4H3,(H2,14,15);1H. The summed E-state index contributed by atoms with van der Waals surface area (Å²) in [5, 5.41) is 3.94. The minimum atomic E-state index is 0. The average molecular weight is 380 g/mol. The van der Waals surface area contributed by atoms with Crippen LogP contribution in [0, 0.1) is 13.8 Å². The first-order valence-electron chi connectivity index (χ1n) is 6.56. The number of hydrogen-bond acceptors (Lipinski definition) is 3. The number of nitrogens with two attached hydrogens (primary N) is 1. The lowest BCUT2D eigenvalue weighted by molar-refractivity contribution is 0.392. The Balaban J connectivity index is 0.00000324. The number of guanidine groups is 1. The second kappa shape index (κ2) is 9.17. The third-order valence-corrected chi connectivity index (χ3v) is 3.13. The summed E-state index contributed by atoms with van der Waals surface area (Å²) in [5.41, 5.74) is 8.08. The number of hydrogen-bond donors (Lipinski definition) is 1. The number of aromatic nitrogens is 1. The molecule has 1 aromatic rings. The van der Waals surface area contributed by atoms with Crippen LogP contribution >= 0.6 is 24.0 Å². The van der Waals surface area contributed by atoms with Crippen molar-refractivity contribution in [2.75, 3.05) is 19.6 Å². The summed E-state index contributed by atoms with van der Waals surface area (Å²) in [4.78, 5) is 6.45. The Hall–Kier alpha value is -0.790. The van der Waals surface area contributed by atoms with E-state index in [2.05, 4.69) is 28.9 Å². The van der Waals surface area contributed by atoms with E-state index in [0.29, 0.717) is 5.96 Å².